The van der Waals surface area contributed by atoms with Gasteiger partial charge in [-0.1, -0.05) is 28.1 Å². The molecule has 2 aromatic carbocycles. The normalized spacial score (nSPS) is 10.2. The standard InChI is InChI=1S/C15H13BrFNO2/c1-20-12-6-7-13(14(17)8-12)15(19)18-9-10-2-4-11(16)5-3-10/h2-8H,9H2,1H3,(H,18,19). The highest BCUT2D eigenvalue weighted by Gasteiger charge is 2.12. The van der Waals surface area contributed by atoms with Gasteiger partial charge in [-0.2, -0.15) is 0 Å². The molecule has 0 saturated heterocycles. The van der Waals surface area contributed by atoms with Crippen molar-refractivity contribution in [1.82, 2.24) is 5.32 Å². The molecule has 0 aliphatic rings. The van der Waals surface area contributed by atoms with Crippen molar-refractivity contribution in [3.8, 4) is 5.75 Å². The van der Waals surface area contributed by atoms with E-state index < -0.39 is 11.7 Å². The average molecular weight is 338 g/mol. The Kier molecular flexibility index (Phi) is 4.74. The summed E-state index contributed by atoms with van der Waals surface area (Å²) in [6, 6.07) is 11.7. The summed E-state index contributed by atoms with van der Waals surface area (Å²) in [7, 11) is 1.45. The van der Waals surface area contributed by atoms with E-state index in [1.807, 2.05) is 24.3 Å². The predicted octanol–water partition coefficient (Wildman–Crippen LogP) is 3.53. The van der Waals surface area contributed by atoms with E-state index in [9.17, 15) is 9.18 Å². The Morgan fingerprint density at radius 2 is 1.95 bits per heavy atom. The van der Waals surface area contributed by atoms with E-state index in [0.29, 0.717) is 12.3 Å². The lowest BCUT2D eigenvalue weighted by Crippen LogP contribution is -2.23. The molecule has 5 heteroatoms. The zero-order chi connectivity index (χ0) is 14.5. The number of amides is 1. The monoisotopic (exact) mass is 337 g/mol. The third-order valence-corrected chi connectivity index (χ3v) is 3.32. The molecule has 0 aliphatic heterocycles. The molecule has 1 amide bonds. The minimum Gasteiger partial charge on any atom is -0.497 e. The lowest BCUT2D eigenvalue weighted by atomic mass is 10.1. The average Bonchev–Trinajstić information content (AvgIpc) is 2.46. The highest BCUT2D eigenvalue weighted by atomic mass is 79.9. The van der Waals surface area contributed by atoms with Gasteiger partial charge in [0.2, 0.25) is 0 Å². The van der Waals surface area contributed by atoms with Crippen LogP contribution in [0.5, 0.6) is 5.75 Å². The van der Waals surface area contributed by atoms with Crippen LogP contribution < -0.4 is 10.1 Å². The number of carbonyl (C=O) groups is 1. The molecule has 20 heavy (non-hydrogen) atoms. The van der Waals surface area contributed by atoms with Gasteiger partial charge in [-0.15, -0.1) is 0 Å². The number of benzene rings is 2. The molecular formula is C15H13BrFNO2. The third-order valence-electron chi connectivity index (χ3n) is 2.79. The van der Waals surface area contributed by atoms with Crippen LogP contribution in [0.1, 0.15) is 15.9 Å². The van der Waals surface area contributed by atoms with Gasteiger partial charge in [-0.05, 0) is 29.8 Å². The Labute approximate surface area is 124 Å². The van der Waals surface area contributed by atoms with E-state index in [0.717, 1.165) is 10.0 Å². The Bertz CT molecular complexity index is 614. The number of rotatable bonds is 4. The first-order chi connectivity index (χ1) is 9.60. The van der Waals surface area contributed by atoms with Crippen molar-refractivity contribution < 1.29 is 13.9 Å². The molecule has 2 aromatic rings. The van der Waals surface area contributed by atoms with Crippen molar-refractivity contribution in [3.63, 3.8) is 0 Å². The van der Waals surface area contributed by atoms with E-state index in [1.165, 1.54) is 19.2 Å². The van der Waals surface area contributed by atoms with Crippen LogP contribution in [0.25, 0.3) is 0 Å². The quantitative estimate of drug-likeness (QED) is 0.926. The Hall–Kier alpha value is -1.88. The number of hydrogen-bond acceptors (Lipinski definition) is 2. The van der Waals surface area contributed by atoms with Crippen molar-refractivity contribution in [2.45, 2.75) is 6.54 Å². The SMILES string of the molecule is COc1ccc(C(=O)NCc2ccc(Br)cc2)c(F)c1. The summed E-state index contributed by atoms with van der Waals surface area (Å²) in [4.78, 5) is 11.9. The van der Waals surface area contributed by atoms with Crippen LogP contribution in [0, 0.1) is 5.82 Å². The van der Waals surface area contributed by atoms with Gasteiger partial charge in [0.15, 0.2) is 0 Å². The fraction of sp³-hybridized carbons (Fsp3) is 0.133. The van der Waals surface area contributed by atoms with Crippen molar-refractivity contribution >= 4 is 21.8 Å². The van der Waals surface area contributed by atoms with Crippen LogP contribution in [0.2, 0.25) is 0 Å². The Morgan fingerprint density at radius 3 is 2.55 bits per heavy atom. The van der Waals surface area contributed by atoms with Gasteiger partial charge in [-0.25, -0.2) is 4.39 Å². The molecule has 3 nitrogen and oxygen atoms in total. The maximum atomic E-state index is 13.7. The van der Waals surface area contributed by atoms with Crippen LogP contribution in [0.15, 0.2) is 46.9 Å². The first-order valence-corrected chi connectivity index (χ1v) is 6.75. The van der Waals surface area contributed by atoms with E-state index in [-0.39, 0.29) is 5.56 Å². The number of carbonyl (C=O) groups excluding carboxylic acids is 1. The zero-order valence-corrected chi connectivity index (χ0v) is 12.4. The first kappa shape index (κ1) is 14.5. The van der Waals surface area contributed by atoms with Crippen molar-refractivity contribution in [2.75, 3.05) is 7.11 Å². The third kappa shape index (κ3) is 3.57. The Balaban J connectivity index is 2.03. The molecule has 0 aromatic heterocycles. The number of ether oxygens (including phenoxy) is 1. The van der Waals surface area contributed by atoms with Gasteiger partial charge >= 0.3 is 0 Å². The fourth-order valence-corrected chi connectivity index (χ4v) is 1.95. The molecule has 1 N–H and O–H groups in total. The first-order valence-electron chi connectivity index (χ1n) is 5.96. The van der Waals surface area contributed by atoms with Gasteiger partial charge in [0.25, 0.3) is 5.91 Å². The summed E-state index contributed by atoms with van der Waals surface area (Å²) in [6.07, 6.45) is 0. The lowest BCUT2D eigenvalue weighted by Gasteiger charge is -2.07. The molecule has 104 valence electrons. The van der Waals surface area contributed by atoms with Crippen LogP contribution in [-0.4, -0.2) is 13.0 Å². The molecule has 0 bridgehead atoms. The van der Waals surface area contributed by atoms with Gasteiger partial charge in [0, 0.05) is 17.1 Å². The minimum atomic E-state index is -0.599. The highest BCUT2D eigenvalue weighted by Crippen LogP contribution is 2.16. The summed E-state index contributed by atoms with van der Waals surface area (Å²) in [5.74, 6) is -0.669. The second-order valence-electron chi connectivity index (χ2n) is 4.15. The summed E-state index contributed by atoms with van der Waals surface area (Å²) < 4.78 is 19.6. The molecule has 0 saturated carbocycles. The highest BCUT2D eigenvalue weighted by molar-refractivity contribution is 9.10. The van der Waals surface area contributed by atoms with E-state index in [2.05, 4.69) is 21.2 Å². The van der Waals surface area contributed by atoms with Crippen LogP contribution in [0.4, 0.5) is 4.39 Å². The zero-order valence-electron chi connectivity index (χ0n) is 10.8. The second-order valence-corrected chi connectivity index (χ2v) is 5.07. The summed E-state index contributed by atoms with van der Waals surface area (Å²) in [6.45, 7) is 0.345. The summed E-state index contributed by atoms with van der Waals surface area (Å²) in [5, 5.41) is 2.68. The molecule has 0 heterocycles. The second kappa shape index (κ2) is 6.52. The number of nitrogens with one attached hydrogen (secondary N) is 1. The molecule has 0 unspecified atom stereocenters. The van der Waals surface area contributed by atoms with Gasteiger partial charge < -0.3 is 10.1 Å². The molecule has 0 spiro atoms. The molecule has 0 aliphatic carbocycles. The topological polar surface area (TPSA) is 38.3 Å². The Morgan fingerprint density at radius 1 is 1.25 bits per heavy atom. The van der Waals surface area contributed by atoms with Gasteiger partial charge in [0.1, 0.15) is 11.6 Å². The number of hydrogen-bond donors (Lipinski definition) is 1. The van der Waals surface area contributed by atoms with E-state index in [4.69, 9.17) is 4.74 Å². The fourth-order valence-electron chi connectivity index (χ4n) is 1.69. The number of methoxy groups -OCH3 is 1. The molecule has 0 fully saturated rings. The van der Waals surface area contributed by atoms with Gasteiger partial charge in [-0.3, -0.25) is 4.79 Å². The van der Waals surface area contributed by atoms with Crippen molar-refractivity contribution in [3.05, 3.63) is 63.9 Å². The van der Waals surface area contributed by atoms with Crippen molar-refractivity contribution in [2.24, 2.45) is 0 Å². The van der Waals surface area contributed by atoms with Crippen LogP contribution in [-0.2, 0) is 6.54 Å². The number of halogens is 2. The van der Waals surface area contributed by atoms with Gasteiger partial charge in [0.05, 0.1) is 12.7 Å². The largest absolute Gasteiger partial charge is 0.497 e. The minimum absolute atomic E-state index is 0.00270. The van der Waals surface area contributed by atoms with E-state index in [1.54, 1.807) is 6.07 Å². The maximum absolute atomic E-state index is 13.7. The smallest absolute Gasteiger partial charge is 0.254 e. The molecule has 0 radical (unpaired) electrons. The summed E-state index contributed by atoms with van der Waals surface area (Å²) >= 11 is 3.34. The van der Waals surface area contributed by atoms with Crippen LogP contribution >= 0.6 is 15.9 Å². The summed E-state index contributed by atoms with van der Waals surface area (Å²) in [5.41, 5.74) is 0.943. The lowest BCUT2D eigenvalue weighted by molar-refractivity contribution is 0.0947. The van der Waals surface area contributed by atoms with E-state index >= 15 is 0 Å². The maximum Gasteiger partial charge on any atom is 0.254 e. The van der Waals surface area contributed by atoms with Crippen LogP contribution in [0.3, 0.4) is 0 Å². The molecular weight excluding hydrogens is 325 g/mol. The molecule has 0 atom stereocenters. The predicted molar refractivity (Wildman–Crippen MR) is 78.3 cm³/mol. The molecule has 2 rings (SSSR count). The van der Waals surface area contributed by atoms with Crippen molar-refractivity contribution in [1.29, 1.82) is 0 Å².